The van der Waals surface area contributed by atoms with Gasteiger partial charge >= 0.3 is 0 Å². The molecule has 0 bridgehead atoms. The van der Waals surface area contributed by atoms with E-state index in [-0.39, 0.29) is 22.8 Å². The third-order valence-corrected chi connectivity index (χ3v) is 15.3. The molecule has 0 aromatic heterocycles. The lowest BCUT2D eigenvalue weighted by Crippen LogP contribution is -2.66. The van der Waals surface area contributed by atoms with Gasteiger partial charge in [0.05, 0.1) is 6.10 Å². The normalized spacial score (nSPS) is 13.5. The zero-order valence-corrected chi connectivity index (χ0v) is 32.1. The molecular weight excluding hydrogens is 660 g/mol. The van der Waals surface area contributed by atoms with Crippen LogP contribution in [0.1, 0.15) is 116 Å². The van der Waals surface area contributed by atoms with Crippen LogP contribution >= 0.6 is 15.9 Å². The summed E-state index contributed by atoms with van der Waals surface area (Å²) in [5.74, 6) is 0.343. The Kier molecular flexibility index (Phi) is 13.1. The molecule has 0 fully saturated rings. The molecule has 0 saturated carbocycles. The predicted molar refractivity (Wildman–Crippen MR) is 196 cm³/mol. The summed E-state index contributed by atoms with van der Waals surface area (Å²) in [6.07, 6.45) is 0.969. The van der Waals surface area contributed by atoms with Crippen molar-refractivity contribution in [2.75, 3.05) is 6.61 Å². The highest BCUT2D eigenvalue weighted by molar-refractivity contribution is 9.11. The number of rotatable bonds is 15. The minimum Gasteiger partial charge on any atom is -0.407 e. The summed E-state index contributed by atoms with van der Waals surface area (Å²) in [5.41, 5.74) is 2.78. The van der Waals surface area contributed by atoms with Crippen molar-refractivity contribution in [3.63, 3.8) is 0 Å². The van der Waals surface area contributed by atoms with Crippen LogP contribution in [0.5, 0.6) is 0 Å². The molecule has 3 aromatic rings. The highest BCUT2D eigenvalue weighted by atomic mass is 79.9. The molecule has 1 unspecified atom stereocenters. The van der Waals surface area contributed by atoms with Crippen molar-refractivity contribution < 1.29 is 17.0 Å². The van der Waals surface area contributed by atoms with E-state index in [1.165, 1.54) is 10.4 Å². The SMILES string of the molecule is C=C(Br)CC(CCCO[Si](c1ccccc1)(c1ccccc1)C(C)(C)C)OS(=O)(=O)c1c(C(C)C)cc(C(C)C)cc1C(C)C. The van der Waals surface area contributed by atoms with Crippen molar-refractivity contribution in [1.82, 2.24) is 0 Å². The van der Waals surface area contributed by atoms with Gasteiger partial charge in [0.15, 0.2) is 0 Å². The van der Waals surface area contributed by atoms with E-state index in [1.807, 2.05) is 52.0 Å². The molecule has 4 nitrogen and oxygen atoms in total. The van der Waals surface area contributed by atoms with Crippen LogP contribution in [0.3, 0.4) is 0 Å². The maximum atomic E-state index is 14.2. The van der Waals surface area contributed by atoms with Gasteiger partial charge in [-0.2, -0.15) is 8.42 Å². The van der Waals surface area contributed by atoms with E-state index in [0.717, 1.165) is 16.7 Å². The van der Waals surface area contributed by atoms with Crippen LogP contribution < -0.4 is 10.4 Å². The third-order valence-electron chi connectivity index (χ3n) is 8.45. The Morgan fingerprint density at radius 1 is 0.822 bits per heavy atom. The van der Waals surface area contributed by atoms with Gasteiger partial charge in [-0.15, -0.1) is 0 Å². The van der Waals surface area contributed by atoms with Gasteiger partial charge in [0.2, 0.25) is 0 Å². The van der Waals surface area contributed by atoms with Gasteiger partial charge in [0.25, 0.3) is 18.4 Å². The van der Waals surface area contributed by atoms with Gasteiger partial charge < -0.3 is 4.43 Å². The molecule has 0 saturated heterocycles. The summed E-state index contributed by atoms with van der Waals surface area (Å²) in [4.78, 5) is 0.325. The lowest BCUT2D eigenvalue weighted by atomic mass is 9.89. The minimum absolute atomic E-state index is 0.0269. The predicted octanol–water partition coefficient (Wildman–Crippen LogP) is 9.79. The highest BCUT2D eigenvalue weighted by Crippen LogP contribution is 2.38. The number of benzene rings is 3. The van der Waals surface area contributed by atoms with Crippen LogP contribution in [0.2, 0.25) is 5.04 Å². The maximum absolute atomic E-state index is 14.2. The minimum atomic E-state index is -4.07. The van der Waals surface area contributed by atoms with E-state index in [2.05, 4.69) is 106 Å². The molecule has 0 heterocycles. The molecule has 7 heteroatoms. The Labute approximate surface area is 283 Å². The molecular formula is C38H53BrO4SSi. The second-order valence-corrected chi connectivity index (χ2v) is 21.0. The average Bonchev–Trinajstić information content (AvgIpc) is 2.96. The molecule has 45 heavy (non-hydrogen) atoms. The summed E-state index contributed by atoms with van der Waals surface area (Å²) < 4.78 is 42.2. The van der Waals surface area contributed by atoms with Crippen LogP contribution in [0, 0.1) is 0 Å². The molecule has 0 N–H and O–H groups in total. The van der Waals surface area contributed by atoms with Crippen molar-refractivity contribution in [3.8, 4) is 0 Å². The molecule has 0 amide bonds. The van der Waals surface area contributed by atoms with Crippen LogP contribution in [0.4, 0.5) is 0 Å². The molecule has 0 spiro atoms. The Morgan fingerprint density at radius 3 is 1.67 bits per heavy atom. The van der Waals surface area contributed by atoms with E-state index in [4.69, 9.17) is 8.61 Å². The lowest BCUT2D eigenvalue weighted by Gasteiger charge is -2.43. The first-order valence-corrected chi connectivity index (χ1v) is 20.3. The highest BCUT2D eigenvalue weighted by Gasteiger charge is 2.50. The van der Waals surface area contributed by atoms with Gasteiger partial charge in [-0.3, -0.25) is 4.18 Å². The molecule has 0 aliphatic rings. The first-order chi connectivity index (χ1) is 21.0. The summed E-state index contributed by atoms with van der Waals surface area (Å²) >= 11 is 3.47. The van der Waals surface area contributed by atoms with E-state index in [0.29, 0.717) is 35.2 Å². The largest absolute Gasteiger partial charge is 0.407 e. The number of hydrogen-bond acceptors (Lipinski definition) is 4. The van der Waals surface area contributed by atoms with Crippen molar-refractivity contribution >= 4 is 44.7 Å². The summed E-state index contributed by atoms with van der Waals surface area (Å²) in [6.45, 7) is 23.7. The number of halogens is 1. The maximum Gasteiger partial charge on any atom is 0.297 e. The lowest BCUT2D eigenvalue weighted by molar-refractivity contribution is 0.183. The van der Waals surface area contributed by atoms with Gasteiger partial charge in [-0.1, -0.05) is 158 Å². The first-order valence-electron chi connectivity index (χ1n) is 16.2. The van der Waals surface area contributed by atoms with Gasteiger partial charge in [0, 0.05) is 13.0 Å². The fourth-order valence-electron chi connectivity index (χ4n) is 6.13. The molecule has 246 valence electrons. The molecule has 1 atom stereocenters. The zero-order chi connectivity index (χ0) is 33.6. The van der Waals surface area contributed by atoms with Crippen molar-refractivity contribution in [1.29, 1.82) is 0 Å². The van der Waals surface area contributed by atoms with E-state index < -0.39 is 24.5 Å². The van der Waals surface area contributed by atoms with Crippen LogP contribution in [0.25, 0.3) is 0 Å². The second-order valence-electron chi connectivity index (χ2n) is 14.0. The average molecular weight is 714 g/mol. The fraction of sp³-hybridized carbons (Fsp3) is 0.474. The van der Waals surface area contributed by atoms with Crippen LogP contribution in [-0.4, -0.2) is 29.4 Å². The third kappa shape index (κ3) is 9.07. The van der Waals surface area contributed by atoms with Crippen LogP contribution in [0.15, 0.2) is 88.8 Å². The molecule has 3 rings (SSSR count). The van der Waals surface area contributed by atoms with E-state index in [9.17, 15) is 8.42 Å². The number of hydrogen-bond donors (Lipinski definition) is 0. The molecule has 3 aromatic carbocycles. The van der Waals surface area contributed by atoms with Gasteiger partial charge in [-0.25, -0.2) is 0 Å². The second kappa shape index (κ2) is 15.7. The molecule has 0 aliphatic heterocycles. The van der Waals surface area contributed by atoms with E-state index in [1.54, 1.807) is 0 Å². The monoisotopic (exact) mass is 712 g/mol. The first kappa shape index (κ1) is 37.4. The van der Waals surface area contributed by atoms with Gasteiger partial charge in [0.1, 0.15) is 4.90 Å². The Bertz CT molecular complexity index is 1440. The van der Waals surface area contributed by atoms with Crippen molar-refractivity contribution in [3.05, 3.63) is 101 Å². The van der Waals surface area contributed by atoms with Crippen LogP contribution in [-0.2, 0) is 18.7 Å². The zero-order valence-electron chi connectivity index (χ0n) is 28.7. The summed E-state index contributed by atoms with van der Waals surface area (Å²) in [6, 6.07) is 25.2. The molecule has 0 aliphatic carbocycles. The summed E-state index contributed by atoms with van der Waals surface area (Å²) in [5, 5.41) is 2.31. The Hall–Kier alpha value is -2.03. The smallest absolute Gasteiger partial charge is 0.297 e. The van der Waals surface area contributed by atoms with Crippen molar-refractivity contribution in [2.24, 2.45) is 0 Å². The fourth-order valence-corrected chi connectivity index (χ4v) is 12.9. The topological polar surface area (TPSA) is 52.6 Å². The van der Waals surface area contributed by atoms with Crippen molar-refractivity contribution in [2.45, 2.75) is 115 Å². The summed E-state index contributed by atoms with van der Waals surface area (Å²) in [7, 11) is -6.76. The standard InChI is InChI=1S/C38H53BrO4SSi/c1-27(2)31-25-35(28(3)4)37(36(26-31)29(5)6)44(40,41)43-32(24-30(7)39)18-17-23-42-45(38(8,9)10,33-19-13-11-14-20-33)34-21-15-12-16-22-34/h11-16,19-22,25-29,32H,7,17-18,23-24H2,1-6,8-10H3. The Morgan fingerprint density at radius 2 is 1.29 bits per heavy atom. The quantitative estimate of drug-likeness (QED) is 0.0895. The van der Waals surface area contributed by atoms with E-state index >= 15 is 0 Å². The Balaban J connectivity index is 1.93. The van der Waals surface area contributed by atoms with Gasteiger partial charge in [-0.05, 0) is 67.2 Å². The molecule has 0 radical (unpaired) electrons.